The molecule has 0 radical (unpaired) electrons. The van der Waals surface area contributed by atoms with Crippen LogP contribution in [0.3, 0.4) is 0 Å². The standard InChI is InChI=1S/C33H30N2O4S/c1-3-4-5-6-14-28(34-39-22(2)36)32(37)24-17-18-30-27(21-24)26-13-7-8-15-29(26)35(30)25-12-9-11-23(20-25)33(38)31-16-10-19-40-31/h7-13,15-21H,3-6,14H2,1-2H3. The van der Waals surface area contributed by atoms with Gasteiger partial charge in [-0.25, -0.2) is 4.79 Å². The molecule has 202 valence electrons. The molecule has 2 heterocycles. The summed E-state index contributed by atoms with van der Waals surface area (Å²) in [5, 5.41) is 7.72. The fourth-order valence-corrected chi connectivity index (χ4v) is 5.62. The van der Waals surface area contributed by atoms with E-state index in [1.165, 1.54) is 18.3 Å². The fraction of sp³-hybridized carbons (Fsp3) is 0.212. The number of rotatable bonds is 11. The van der Waals surface area contributed by atoms with Crippen LogP contribution in [0.15, 0.2) is 89.4 Å². The molecule has 0 saturated heterocycles. The summed E-state index contributed by atoms with van der Waals surface area (Å²) in [6.45, 7) is 3.40. The van der Waals surface area contributed by atoms with E-state index in [0.29, 0.717) is 22.4 Å². The Balaban J connectivity index is 1.56. The van der Waals surface area contributed by atoms with E-state index in [2.05, 4.69) is 16.6 Å². The molecule has 0 atom stereocenters. The van der Waals surface area contributed by atoms with Crippen molar-refractivity contribution in [1.29, 1.82) is 0 Å². The molecule has 0 aliphatic heterocycles. The van der Waals surface area contributed by atoms with Gasteiger partial charge in [-0.3, -0.25) is 9.59 Å². The predicted octanol–water partition coefficient (Wildman–Crippen LogP) is 8.15. The lowest BCUT2D eigenvalue weighted by Crippen LogP contribution is -2.16. The van der Waals surface area contributed by atoms with Crippen molar-refractivity contribution in [2.75, 3.05) is 0 Å². The molecule has 5 aromatic rings. The van der Waals surface area contributed by atoms with E-state index in [-0.39, 0.29) is 17.3 Å². The predicted molar refractivity (Wildman–Crippen MR) is 161 cm³/mol. The SMILES string of the molecule is CCCCCCC(=NOC(C)=O)C(=O)c1ccc2c(c1)c1ccccc1n2-c1cccc(C(=O)c2cccs2)c1. The zero-order chi connectivity index (χ0) is 28.1. The average Bonchev–Trinajstić information content (AvgIpc) is 3.62. The van der Waals surface area contributed by atoms with Gasteiger partial charge in [0.25, 0.3) is 0 Å². The first-order valence-corrected chi connectivity index (χ1v) is 14.4. The number of oxime groups is 1. The second kappa shape index (κ2) is 12.2. The van der Waals surface area contributed by atoms with E-state index in [9.17, 15) is 14.4 Å². The molecule has 7 heteroatoms. The molecule has 0 aliphatic carbocycles. The monoisotopic (exact) mass is 550 g/mol. The molecule has 2 aromatic heterocycles. The molecule has 5 rings (SSSR count). The molecule has 0 saturated carbocycles. The molecule has 0 N–H and O–H groups in total. The molecule has 0 unspecified atom stereocenters. The van der Waals surface area contributed by atoms with E-state index in [1.54, 1.807) is 6.07 Å². The van der Waals surface area contributed by atoms with Crippen molar-refractivity contribution in [1.82, 2.24) is 4.57 Å². The van der Waals surface area contributed by atoms with Crippen molar-refractivity contribution in [2.24, 2.45) is 5.16 Å². The van der Waals surface area contributed by atoms with Crippen LogP contribution >= 0.6 is 11.3 Å². The lowest BCUT2D eigenvalue weighted by molar-refractivity contribution is -0.140. The Bertz CT molecular complexity index is 1730. The summed E-state index contributed by atoms with van der Waals surface area (Å²) in [7, 11) is 0. The number of thiophene rings is 1. The third kappa shape index (κ3) is 5.65. The number of fused-ring (bicyclic) bond motifs is 3. The number of unbranched alkanes of at least 4 members (excludes halogenated alkanes) is 3. The Morgan fingerprint density at radius 2 is 1.65 bits per heavy atom. The summed E-state index contributed by atoms with van der Waals surface area (Å²) in [5.74, 6) is -0.818. The number of nitrogens with zero attached hydrogens (tertiary/aromatic N) is 2. The number of carbonyl (C=O) groups is 3. The Morgan fingerprint density at radius 1 is 0.825 bits per heavy atom. The van der Waals surface area contributed by atoms with E-state index in [4.69, 9.17) is 4.84 Å². The number of hydrogen-bond donors (Lipinski definition) is 0. The molecule has 0 aliphatic rings. The highest BCUT2D eigenvalue weighted by Gasteiger charge is 2.20. The van der Waals surface area contributed by atoms with Gasteiger partial charge in [0.1, 0.15) is 5.71 Å². The van der Waals surface area contributed by atoms with Crippen LogP contribution in [0, 0.1) is 0 Å². The summed E-state index contributed by atoms with van der Waals surface area (Å²) in [6, 6.07) is 24.9. The largest absolute Gasteiger partial charge is 0.331 e. The molecule has 0 fully saturated rings. The summed E-state index contributed by atoms with van der Waals surface area (Å²) in [4.78, 5) is 43.6. The second-order valence-corrected chi connectivity index (χ2v) is 10.6. The third-order valence-electron chi connectivity index (χ3n) is 6.86. The smallest absolute Gasteiger partial charge is 0.318 e. The quantitative estimate of drug-likeness (QED) is 0.0547. The fourth-order valence-electron chi connectivity index (χ4n) is 4.93. The highest BCUT2D eigenvalue weighted by molar-refractivity contribution is 7.12. The number of para-hydroxylation sites is 1. The maximum absolute atomic E-state index is 13.5. The highest BCUT2D eigenvalue weighted by atomic mass is 32.1. The van der Waals surface area contributed by atoms with E-state index < -0.39 is 5.97 Å². The van der Waals surface area contributed by atoms with E-state index in [0.717, 1.165) is 53.2 Å². The lowest BCUT2D eigenvalue weighted by atomic mass is 10.00. The van der Waals surface area contributed by atoms with Gasteiger partial charge in [0.05, 0.1) is 15.9 Å². The van der Waals surface area contributed by atoms with Crippen molar-refractivity contribution >= 4 is 56.4 Å². The zero-order valence-electron chi connectivity index (χ0n) is 22.6. The van der Waals surface area contributed by atoms with Gasteiger partial charge in [0.2, 0.25) is 11.6 Å². The number of Topliss-reactive ketones (excluding diaryl/α,β-unsaturated/α-hetero) is 1. The van der Waals surface area contributed by atoms with Gasteiger partial charge in [0.15, 0.2) is 0 Å². The molecular formula is C33H30N2O4S. The van der Waals surface area contributed by atoms with Gasteiger partial charge in [-0.2, -0.15) is 0 Å². The lowest BCUT2D eigenvalue weighted by Gasteiger charge is -2.10. The third-order valence-corrected chi connectivity index (χ3v) is 7.73. The van der Waals surface area contributed by atoms with Gasteiger partial charge in [0, 0.05) is 34.5 Å². The van der Waals surface area contributed by atoms with Crippen LogP contribution in [0.5, 0.6) is 0 Å². The first kappa shape index (κ1) is 27.2. The topological polar surface area (TPSA) is 77.7 Å². The number of aromatic nitrogens is 1. The molecule has 6 nitrogen and oxygen atoms in total. The average molecular weight is 551 g/mol. The Hall–Kier alpha value is -4.36. The Labute approximate surface area is 236 Å². The van der Waals surface area contributed by atoms with Crippen molar-refractivity contribution in [3.8, 4) is 5.69 Å². The maximum atomic E-state index is 13.5. The second-order valence-electron chi connectivity index (χ2n) is 9.70. The van der Waals surface area contributed by atoms with E-state index >= 15 is 0 Å². The van der Waals surface area contributed by atoms with Gasteiger partial charge in [-0.05, 0) is 60.7 Å². The molecule has 3 aromatic carbocycles. The van der Waals surface area contributed by atoms with Crippen LogP contribution in [0.2, 0.25) is 0 Å². The number of ketones is 2. The van der Waals surface area contributed by atoms with Gasteiger partial charge in [-0.1, -0.05) is 67.7 Å². The first-order valence-electron chi connectivity index (χ1n) is 13.5. The Kier molecular flexibility index (Phi) is 8.31. The van der Waals surface area contributed by atoms with Crippen molar-refractivity contribution in [3.05, 3.63) is 100 Å². The van der Waals surface area contributed by atoms with Crippen LogP contribution in [-0.2, 0) is 9.63 Å². The minimum absolute atomic E-state index is 0.0102. The summed E-state index contributed by atoms with van der Waals surface area (Å²) < 4.78 is 2.11. The molecule has 0 bridgehead atoms. The molecule has 0 amide bonds. The highest BCUT2D eigenvalue weighted by Crippen LogP contribution is 2.33. The summed E-state index contributed by atoms with van der Waals surface area (Å²) >= 11 is 1.43. The van der Waals surface area contributed by atoms with Crippen molar-refractivity contribution in [2.45, 2.75) is 46.0 Å². The van der Waals surface area contributed by atoms with Gasteiger partial charge >= 0.3 is 5.97 Å². The zero-order valence-corrected chi connectivity index (χ0v) is 23.4. The van der Waals surface area contributed by atoms with Gasteiger partial charge < -0.3 is 9.40 Å². The van der Waals surface area contributed by atoms with Crippen LogP contribution < -0.4 is 0 Å². The molecule has 0 spiro atoms. The van der Waals surface area contributed by atoms with Crippen LogP contribution in [0.25, 0.3) is 27.5 Å². The first-order chi connectivity index (χ1) is 19.5. The summed E-state index contributed by atoms with van der Waals surface area (Å²) in [6.07, 6.45) is 4.36. The maximum Gasteiger partial charge on any atom is 0.331 e. The number of carbonyl (C=O) groups excluding carboxylic acids is 3. The summed E-state index contributed by atoms with van der Waals surface area (Å²) in [5.41, 5.74) is 4.09. The van der Waals surface area contributed by atoms with Crippen LogP contribution in [0.1, 0.15) is 71.5 Å². The number of benzene rings is 3. The molecular weight excluding hydrogens is 520 g/mol. The minimum atomic E-state index is -0.558. The molecule has 40 heavy (non-hydrogen) atoms. The van der Waals surface area contributed by atoms with E-state index in [1.807, 2.05) is 78.2 Å². The van der Waals surface area contributed by atoms with Gasteiger partial charge in [-0.15, -0.1) is 11.3 Å². The van der Waals surface area contributed by atoms with Crippen molar-refractivity contribution in [3.63, 3.8) is 0 Å². The minimum Gasteiger partial charge on any atom is -0.318 e. The van der Waals surface area contributed by atoms with Crippen LogP contribution in [0.4, 0.5) is 0 Å². The normalized spacial score (nSPS) is 11.7. The van der Waals surface area contributed by atoms with Crippen molar-refractivity contribution < 1.29 is 19.2 Å². The van der Waals surface area contributed by atoms with Crippen LogP contribution in [-0.4, -0.2) is 27.8 Å². The number of hydrogen-bond acceptors (Lipinski definition) is 6. The Morgan fingerprint density at radius 3 is 2.42 bits per heavy atom.